The van der Waals surface area contributed by atoms with E-state index in [-0.39, 0.29) is 36.7 Å². The van der Waals surface area contributed by atoms with Crippen LogP contribution >= 0.6 is 12.4 Å². The molecule has 1 aliphatic carbocycles. The highest BCUT2D eigenvalue weighted by Crippen LogP contribution is 2.28. The van der Waals surface area contributed by atoms with E-state index in [1.807, 2.05) is 31.2 Å². The van der Waals surface area contributed by atoms with Crippen LogP contribution in [0.3, 0.4) is 0 Å². The van der Waals surface area contributed by atoms with Gasteiger partial charge in [-0.25, -0.2) is 0 Å². The van der Waals surface area contributed by atoms with Gasteiger partial charge in [-0.2, -0.15) is 0 Å². The standard InChI is InChI=1S/C19H29N3O3.ClH/c1-3-25-18-10-5-4-8-15(18)17(21-13(2)23)11-19(24)22-16-9-6-7-14(16)12-20;/h4-5,8,10,14,16-17H,3,6-7,9,11-12,20H2,1-2H3,(H,21,23)(H,22,24);1H. The van der Waals surface area contributed by atoms with E-state index < -0.39 is 6.04 Å². The van der Waals surface area contributed by atoms with Gasteiger partial charge in [-0.05, 0) is 38.3 Å². The SMILES string of the molecule is CCOc1ccccc1C(CC(=O)NC1CCCC1CN)NC(C)=O.Cl. The summed E-state index contributed by atoms with van der Waals surface area (Å²) in [4.78, 5) is 24.2. The third kappa shape index (κ3) is 6.18. The summed E-state index contributed by atoms with van der Waals surface area (Å²) in [5.41, 5.74) is 6.60. The maximum atomic E-state index is 12.6. The molecule has 0 saturated heterocycles. The van der Waals surface area contributed by atoms with E-state index in [2.05, 4.69) is 10.6 Å². The van der Waals surface area contributed by atoms with Crippen molar-refractivity contribution in [2.45, 2.75) is 51.6 Å². The number of ether oxygens (including phenoxy) is 1. The van der Waals surface area contributed by atoms with Gasteiger partial charge in [-0.15, -0.1) is 12.4 Å². The molecule has 0 aromatic heterocycles. The monoisotopic (exact) mass is 383 g/mol. The van der Waals surface area contributed by atoms with Gasteiger partial charge in [0, 0.05) is 18.5 Å². The Morgan fingerprint density at radius 3 is 2.69 bits per heavy atom. The summed E-state index contributed by atoms with van der Waals surface area (Å²) in [5, 5.41) is 5.97. The van der Waals surface area contributed by atoms with Crippen molar-refractivity contribution >= 4 is 24.2 Å². The Balaban J connectivity index is 0.00000338. The number of nitrogens with two attached hydrogens (primary N) is 1. The molecule has 2 rings (SSSR count). The Bertz CT molecular complexity index is 597. The summed E-state index contributed by atoms with van der Waals surface area (Å²) in [6, 6.07) is 7.22. The number of hydrogen-bond donors (Lipinski definition) is 3. The number of rotatable bonds is 8. The molecule has 26 heavy (non-hydrogen) atoms. The molecule has 3 unspecified atom stereocenters. The summed E-state index contributed by atoms with van der Waals surface area (Å²) < 4.78 is 5.65. The summed E-state index contributed by atoms with van der Waals surface area (Å²) in [6.07, 6.45) is 3.30. The minimum Gasteiger partial charge on any atom is -0.494 e. The Labute approximate surface area is 161 Å². The van der Waals surface area contributed by atoms with Gasteiger partial charge in [0.05, 0.1) is 19.1 Å². The van der Waals surface area contributed by atoms with Gasteiger partial charge >= 0.3 is 0 Å². The van der Waals surface area contributed by atoms with Gasteiger partial charge in [0.2, 0.25) is 11.8 Å². The first kappa shape index (κ1) is 22.3. The lowest BCUT2D eigenvalue weighted by atomic mass is 10.0. The van der Waals surface area contributed by atoms with Gasteiger partial charge in [0.1, 0.15) is 5.75 Å². The van der Waals surface area contributed by atoms with Crippen LogP contribution < -0.4 is 21.1 Å². The number of halogens is 1. The minimum atomic E-state index is -0.419. The zero-order valence-corrected chi connectivity index (χ0v) is 16.3. The fraction of sp³-hybridized carbons (Fsp3) is 0.579. The van der Waals surface area contributed by atoms with Gasteiger partial charge < -0.3 is 21.1 Å². The highest BCUT2D eigenvalue weighted by molar-refractivity contribution is 5.85. The second kappa shape index (κ2) is 11.0. The summed E-state index contributed by atoms with van der Waals surface area (Å²) in [5.74, 6) is 0.788. The largest absolute Gasteiger partial charge is 0.494 e. The highest BCUT2D eigenvalue weighted by Gasteiger charge is 2.28. The van der Waals surface area contributed by atoms with Crippen LogP contribution in [0.2, 0.25) is 0 Å². The topological polar surface area (TPSA) is 93.4 Å². The quantitative estimate of drug-likeness (QED) is 0.642. The molecule has 6 nitrogen and oxygen atoms in total. The highest BCUT2D eigenvalue weighted by atomic mass is 35.5. The van der Waals surface area contributed by atoms with Crippen molar-refractivity contribution in [2.24, 2.45) is 11.7 Å². The number of carbonyl (C=O) groups is 2. The predicted octanol–water partition coefficient (Wildman–Crippen LogP) is 2.32. The molecule has 0 aliphatic heterocycles. The van der Waals surface area contributed by atoms with Crippen LogP contribution in [-0.2, 0) is 9.59 Å². The molecule has 1 fully saturated rings. The normalized spacial score (nSPS) is 20.0. The molecule has 0 heterocycles. The molecular formula is C19H30ClN3O3. The molecule has 1 saturated carbocycles. The third-order valence-corrected chi connectivity index (χ3v) is 4.67. The molecule has 0 radical (unpaired) electrons. The van der Waals surface area contributed by atoms with Crippen LogP contribution in [0.15, 0.2) is 24.3 Å². The molecule has 1 aliphatic rings. The lowest BCUT2D eigenvalue weighted by Gasteiger charge is -2.23. The number of benzene rings is 1. The van der Waals surface area contributed by atoms with Crippen molar-refractivity contribution in [3.63, 3.8) is 0 Å². The Morgan fingerprint density at radius 2 is 2.04 bits per heavy atom. The van der Waals surface area contributed by atoms with Gasteiger partial charge in [-0.1, -0.05) is 24.6 Å². The van der Waals surface area contributed by atoms with Gasteiger partial charge in [0.25, 0.3) is 0 Å². The average Bonchev–Trinajstić information content (AvgIpc) is 3.01. The molecule has 4 N–H and O–H groups in total. The van der Waals surface area contributed by atoms with E-state index in [1.165, 1.54) is 6.92 Å². The van der Waals surface area contributed by atoms with E-state index in [1.54, 1.807) is 0 Å². The summed E-state index contributed by atoms with van der Waals surface area (Å²) in [7, 11) is 0. The first-order chi connectivity index (χ1) is 12.0. The Morgan fingerprint density at radius 1 is 1.31 bits per heavy atom. The van der Waals surface area contributed by atoms with Gasteiger partial charge in [-0.3, -0.25) is 9.59 Å². The van der Waals surface area contributed by atoms with Gasteiger partial charge in [0.15, 0.2) is 0 Å². The maximum absolute atomic E-state index is 12.6. The molecule has 7 heteroatoms. The van der Waals surface area contributed by atoms with E-state index >= 15 is 0 Å². The molecule has 1 aromatic rings. The molecule has 3 atom stereocenters. The number of para-hydroxylation sites is 1. The molecule has 2 amide bonds. The van der Waals surface area contributed by atoms with E-state index in [4.69, 9.17) is 10.5 Å². The van der Waals surface area contributed by atoms with Crippen LogP contribution in [0.1, 0.15) is 51.1 Å². The van der Waals surface area contributed by atoms with E-state index in [9.17, 15) is 9.59 Å². The smallest absolute Gasteiger partial charge is 0.222 e. The molecule has 0 spiro atoms. The van der Waals surface area contributed by atoms with E-state index in [0.29, 0.717) is 24.8 Å². The summed E-state index contributed by atoms with van der Waals surface area (Å²) in [6.45, 7) is 4.48. The molecule has 1 aromatic carbocycles. The Hall–Kier alpha value is -1.79. The lowest BCUT2D eigenvalue weighted by molar-refractivity contribution is -0.123. The van der Waals surface area contributed by atoms with Crippen molar-refractivity contribution in [1.29, 1.82) is 0 Å². The van der Waals surface area contributed by atoms with Crippen LogP contribution in [0.5, 0.6) is 5.75 Å². The van der Waals surface area contributed by atoms with Crippen molar-refractivity contribution in [2.75, 3.05) is 13.2 Å². The van der Waals surface area contributed by atoms with Crippen LogP contribution in [0, 0.1) is 5.92 Å². The van der Waals surface area contributed by atoms with Crippen LogP contribution in [-0.4, -0.2) is 31.0 Å². The van der Waals surface area contributed by atoms with Crippen LogP contribution in [0.25, 0.3) is 0 Å². The summed E-state index contributed by atoms with van der Waals surface area (Å²) >= 11 is 0. The number of carbonyl (C=O) groups excluding carboxylic acids is 2. The second-order valence-corrected chi connectivity index (χ2v) is 6.53. The van der Waals surface area contributed by atoms with E-state index in [0.717, 1.165) is 24.8 Å². The number of amides is 2. The molecule has 0 bridgehead atoms. The van der Waals surface area contributed by atoms with Crippen molar-refractivity contribution in [3.05, 3.63) is 29.8 Å². The third-order valence-electron chi connectivity index (χ3n) is 4.67. The first-order valence-corrected chi connectivity index (χ1v) is 9.03. The number of nitrogens with one attached hydrogen (secondary N) is 2. The Kier molecular flexibility index (Phi) is 9.44. The fourth-order valence-corrected chi connectivity index (χ4v) is 3.50. The molecule has 146 valence electrons. The van der Waals surface area contributed by atoms with Crippen molar-refractivity contribution in [1.82, 2.24) is 10.6 Å². The molecular weight excluding hydrogens is 354 g/mol. The van der Waals surface area contributed by atoms with Crippen molar-refractivity contribution in [3.8, 4) is 5.75 Å². The minimum absolute atomic E-state index is 0. The lowest BCUT2D eigenvalue weighted by Crippen LogP contribution is -2.41. The second-order valence-electron chi connectivity index (χ2n) is 6.53. The maximum Gasteiger partial charge on any atom is 0.222 e. The zero-order valence-electron chi connectivity index (χ0n) is 15.5. The van der Waals surface area contributed by atoms with Crippen LogP contribution in [0.4, 0.5) is 0 Å². The predicted molar refractivity (Wildman–Crippen MR) is 104 cm³/mol. The zero-order chi connectivity index (χ0) is 18.2. The first-order valence-electron chi connectivity index (χ1n) is 9.03. The number of hydrogen-bond acceptors (Lipinski definition) is 4. The van der Waals surface area contributed by atoms with Crippen molar-refractivity contribution < 1.29 is 14.3 Å². The fourth-order valence-electron chi connectivity index (χ4n) is 3.50. The average molecular weight is 384 g/mol.